The second-order valence-corrected chi connectivity index (χ2v) is 5.90. The molecule has 2 nitrogen and oxygen atoms in total. The lowest BCUT2D eigenvalue weighted by atomic mass is 9.82. The Morgan fingerprint density at radius 2 is 2.17 bits per heavy atom. The Bertz CT molecular complexity index is 408. The molecule has 0 N–H and O–H groups in total. The maximum absolute atomic E-state index is 4.66. The second kappa shape index (κ2) is 5.40. The van der Waals surface area contributed by atoms with Gasteiger partial charge in [-0.1, -0.05) is 13.3 Å². The first-order chi connectivity index (χ1) is 8.86. The monoisotopic (exact) mass is 244 g/mol. The molecule has 1 aliphatic carbocycles. The van der Waals surface area contributed by atoms with Gasteiger partial charge in [0, 0.05) is 12.7 Å². The van der Waals surface area contributed by atoms with Crippen LogP contribution >= 0.6 is 0 Å². The van der Waals surface area contributed by atoms with Gasteiger partial charge in [-0.2, -0.15) is 0 Å². The third-order valence-electron chi connectivity index (χ3n) is 4.70. The van der Waals surface area contributed by atoms with E-state index in [9.17, 15) is 0 Å². The molecule has 2 heterocycles. The molecule has 0 bridgehead atoms. The molecule has 1 fully saturated rings. The molecule has 1 aliphatic heterocycles. The van der Waals surface area contributed by atoms with Gasteiger partial charge in [-0.05, 0) is 68.3 Å². The Kier molecular flexibility index (Phi) is 3.64. The van der Waals surface area contributed by atoms with Gasteiger partial charge in [0.15, 0.2) is 0 Å². The van der Waals surface area contributed by atoms with Gasteiger partial charge in [-0.3, -0.25) is 9.88 Å². The van der Waals surface area contributed by atoms with Crippen molar-refractivity contribution in [2.45, 2.75) is 52.0 Å². The molecule has 2 aliphatic rings. The molecule has 2 heteroatoms. The summed E-state index contributed by atoms with van der Waals surface area (Å²) >= 11 is 0. The standard InChI is InChI=1S/C16H24N2/c1-2-13-5-6-15-14(11-13)7-8-17-16(15)12-18-9-3-4-10-18/h7-8,13H,2-6,9-12H2,1H3. The normalized spacial score (nSPS) is 24.2. The number of likely N-dealkylation sites (tertiary alicyclic amines) is 1. The van der Waals surface area contributed by atoms with E-state index >= 15 is 0 Å². The van der Waals surface area contributed by atoms with Gasteiger partial charge in [0.2, 0.25) is 0 Å². The van der Waals surface area contributed by atoms with Crippen LogP contribution in [0.15, 0.2) is 12.3 Å². The number of aromatic nitrogens is 1. The lowest BCUT2D eigenvalue weighted by Gasteiger charge is -2.26. The Morgan fingerprint density at radius 3 is 2.94 bits per heavy atom. The molecule has 18 heavy (non-hydrogen) atoms. The first-order valence-corrected chi connectivity index (χ1v) is 7.55. The molecular formula is C16H24N2. The smallest absolute Gasteiger partial charge is 0.0578 e. The van der Waals surface area contributed by atoms with Crippen molar-refractivity contribution < 1.29 is 0 Å². The van der Waals surface area contributed by atoms with Crippen LogP contribution in [0.3, 0.4) is 0 Å². The molecule has 3 rings (SSSR count). The van der Waals surface area contributed by atoms with E-state index in [1.165, 1.54) is 57.3 Å². The summed E-state index contributed by atoms with van der Waals surface area (Å²) in [4.78, 5) is 7.23. The van der Waals surface area contributed by atoms with E-state index in [1.54, 1.807) is 11.1 Å². The molecule has 1 saturated heterocycles. The highest BCUT2D eigenvalue weighted by atomic mass is 15.1. The van der Waals surface area contributed by atoms with Crippen molar-refractivity contribution in [3.05, 3.63) is 29.1 Å². The van der Waals surface area contributed by atoms with Gasteiger partial charge in [-0.25, -0.2) is 0 Å². The molecule has 0 amide bonds. The first-order valence-electron chi connectivity index (χ1n) is 7.55. The lowest BCUT2D eigenvalue weighted by Crippen LogP contribution is -2.23. The highest BCUT2D eigenvalue weighted by Crippen LogP contribution is 2.29. The molecule has 1 aromatic heterocycles. The third kappa shape index (κ3) is 2.44. The third-order valence-corrected chi connectivity index (χ3v) is 4.70. The summed E-state index contributed by atoms with van der Waals surface area (Å²) in [5.41, 5.74) is 4.52. The van der Waals surface area contributed by atoms with E-state index in [1.807, 2.05) is 6.20 Å². The zero-order valence-corrected chi connectivity index (χ0v) is 11.5. The number of fused-ring (bicyclic) bond motifs is 1. The quantitative estimate of drug-likeness (QED) is 0.811. The fraction of sp³-hybridized carbons (Fsp3) is 0.688. The van der Waals surface area contributed by atoms with Crippen LogP contribution in [0.1, 0.15) is 49.4 Å². The molecule has 0 aromatic carbocycles. The summed E-state index contributed by atoms with van der Waals surface area (Å²) in [6.07, 6.45) is 9.99. The number of hydrogen-bond donors (Lipinski definition) is 0. The molecule has 0 spiro atoms. The van der Waals surface area contributed by atoms with E-state index < -0.39 is 0 Å². The fourth-order valence-corrected chi connectivity index (χ4v) is 3.48. The van der Waals surface area contributed by atoms with E-state index in [-0.39, 0.29) is 0 Å². The van der Waals surface area contributed by atoms with Gasteiger partial charge >= 0.3 is 0 Å². The van der Waals surface area contributed by atoms with Crippen LogP contribution in [0.5, 0.6) is 0 Å². The lowest BCUT2D eigenvalue weighted by molar-refractivity contribution is 0.324. The molecule has 1 unspecified atom stereocenters. The number of hydrogen-bond acceptors (Lipinski definition) is 2. The summed E-state index contributed by atoms with van der Waals surface area (Å²) < 4.78 is 0. The van der Waals surface area contributed by atoms with E-state index in [4.69, 9.17) is 0 Å². The van der Waals surface area contributed by atoms with Crippen molar-refractivity contribution in [3.8, 4) is 0 Å². The Hall–Kier alpha value is -0.890. The van der Waals surface area contributed by atoms with Gasteiger partial charge in [-0.15, -0.1) is 0 Å². The van der Waals surface area contributed by atoms with Gasteiger partial charge in [0.25, 0.3) is 0 Å². The van der Waals surface area contributed by atoms with Crippen LogP contribution < -0.4 is 0 Å². The number of nitrogens with zero attached hydrogens (tertiary/aromatic N) is 2. The van der Waals surface area contributed by atoms with Crippen molar-refractivity contribution >= 4 is 0 Å². The molecular weight excluding hydrogens is 220 g/mol. The SMILES string of the molecule is CCC1CCc2c(ccnc2CN2CCCC2)C1. The summed E-state index contributed by atoms with van der Waals surface area (Å²) in [5.74, 6) is 0.902. The zero-order chi connectivity index (χ0) is 12.4. The summed E-state index contributed by atoms with van der Waals surface area (Å²) in [6, 6.07) is 2.25. The minimum Gasteiger partial charge on any atom is -0.298 e. The molecule has 0 radical (unpaired) electrons. The van der Waals surface area contributed by atoms with Crippen LogP contribution in [0.4, 0.5) is 0 Å². The Labute approximate surface area is 110 Å². The van der Waals surface area contributed by atoms with E-state index in [0.717, 1.165) is 12.5 Å². The average molecular weight is 244 g/mol. The van der Waals surface area contributed by atoms with Gasteiger partial charge < -0.3 is 0 Å². The minimum atomic E-state index is 0.902. The predicted octanol–water partition coefficient (Wildman–Crippen LogP) is 3.19. The molecule has 0 saturated carbocycles. The van der Waals surface area contributed by atoms with Gasteiger partial charge in [0.05, 0.1) is 5.69 Å². The summed E-state index contributed by atoms with van der Waals surface area (Å²) in [5, 5.41) is 0. The minimum absolute atomic E-state index is 0.902. The topological polar surface area (TPSA) is 16.1 Å². The van der Waals surface area contributed by atoms with Crippen LogP contribution in [-0.2, 0) is 19.4 Å². The summed E-state index contributed by atoms with van der Waals surface area (Å²) in [6.45, 7) is 5.94. The van der Waals surface area contributed by atoms with Crippen molar-refractivity contribution in [1.82, 2.24) is 9.88 Å². The van der Waals surface area contributed by atoms with Crippen LogP contribution in [0.25, 0.3) is 0 Å². The molecule has 1 atom stereocenters. The van der Waals surface area contributed by atoms with Crippen molar-refractivity contribution in [2.24, 2.45) is 5.92 Å². The van der Waals surface area contributed by atoms with Crippen molar-refractivity contribution in [3.63, 3.8) is 0 Å². The van der Waals surface area contributed by atoms with Crippen molar-refractivity contribution in [1.29, 1.82) is 0 Å². The number of rotatable bonds is 3. The van der Waals surface area contributed by atoms with E-state index in [0.29, 0.717) is 0 Å². The maximum Gasteiger partial charge on any atom is 0.0578 e. The Balaban J connectivity index is 1.79. The molecule has 1 aromatic rings. The highest BCUT2D eigenvalue weighted by Gasteiger charge is 2.21. The Morgan fingerprint density at radius 1 is 1.33 bits per heavy atom. The zero-order valence-electron chi connectivity index (χ0n) is 11.5. The van der Waals surface area contributed by atoms with Crippen LogP contribution in [0.2, 0.25) is 0 Å². The fourth-order valence-electron chi connectivity index (χ4n) is 3.48. The second-order valence-electron chi connectivity index (χ2n) is 5.90. The molecule has 98 valence electrons. The average Bonchev–Trinajstić information content (AvgIpc) is 2.91. The van der Waals surface area contributed by atoms with Gasteiger partial charge in [0.1, 0.15) is 0 Å². The largest absolute Gasteiger partial charge is 0.298 e. The van der Waals surface area contributed by atoms with Crippen LogP contribution in [0, 0.1) is 5.92 Å². The first kappa shape index (κ1) is 12.2. The summed E-state index contributed by atoms with van der Waals surface area (Å²) in [7, 11) is 0. The number of pyridine rings is 1. The predicted molar refractivity (Wildman–Crippen MR) is 74.6 cm³/mol. The maximum atomic E-state index is 4.66. The van der Waals surface area contributed by atoms with Crippen molar-refractivity contribution in [2.75, 3.05) is 13.1 Å². The highest BCUT2D eigenvalue weighted by molar-refractivity contribution is 5.32. The van der Waals surface area contributed by atoms with E-state index in [2.05, 4.69) is 22.9 Å². The van der Waals surface area contributed by atoms with Crippen LogP contribution in [-0.4, -0.2) is 23.0 Å².